The highest BCUT2D eigenvalue weighted by molar-refractivity contribution is 5.81. The van der Waals surface area contributed by atoms with Crippen LogP contribution in [0.4, 0.5) is 0 Å². The van der Waals surface area contributed by atoms with Crippen LogP contribution in [0.15, 0.2) is 18.2 Å². The number of para-hydroxylation sites is 1. The third-order valence-electron chi connectivity index (χ3n) is 3.20. The monoisotopic (exact) mass is 280 g/mol. The topological polar surface area (TPSA) is 61.8 Å². The first-order chi connectivity index (χ1) is 9.51. The van der Waals surface area contributed by atoms with Crippen LogP contribution >= 0.6 is 0 Å². The summed E-state index contributed by atoms with van der Waals surface area (Å²) in [7, 11) is 1.77. The molecule has 1 amide bonds. The molecule has 1 atom stereocenters. The van der Waals surface area contributed by atoms with Crippen LogP contribution in [-0.2, 0) is 11.3 Å². The van der Waals surface area contributed by atoms with E-state index in [2.05, 4.69) is 5.32 Å². The van der Waals surface area contributed by atoms with E-state index >= 15 is 0 Å². The molecular weight excluding hydrogens is 256 g/mol. The van der Waals surface area contributed by atoms with Crippen molar-refractivity contribution in [3.05, 3.63) is 23.8 Å². The fourth-order valence-electron chi connectivity index (χ4n) is 1.82. The van der Waals surface area contributed by atoms with Gasteiger partial charge in [-0.3, -0.25) is 4.79 Å². The molecule has 112 valence electrons. The summed E-state index contributed by atoms with van der Waals surface area (Å²) in [5.41, 5.74) is 0.717. The first-order valence-corrected chi connectivity index (χ1v) is 6.93. The summed E-state index contributed by atoms with van der Waals surface area (Å²) >= 11 is 0. The molecule has 0 aliphatic rings. The number of amides is 1. The van der Waals surface area contributed by atoms with Crippen molar-refractivity contribution < 1.29 is 14.6 Å². The fourth-order valence-corrected chi connectivity index (χ4v) is 1.82. The molecule has 0 saturated carbocycles. The van der Waals surface area contributed by atoms with Crippen LogP contribution in [-0.4, -0.2) is 42.2 Å². The molecule has 1 aromatic carbocycles. The molecule has 0 aromatic heterocycles. The van der Waals surface area contributed by atoms with E-state index in [4.69, 9.17) is 4.74 Å². The number of carbonyl (C=O) groups is 1. The molecule has 0 saturated heterocycles. The van der Waals surface area contributed by atoms with Crippen molar-refractivity contribution in [1.29, 1.82) is 0 Å². The van der Waals surface area contributed by atoms with Gasteiger partial charge in [-0.2, -0.15) is 0 Å². The lowest BCUT2D eigenvalue weighted by atomic mass is 10.1. The Labute approximate surface area is 120 Å². The van der Waals surface area contributed by atoms with Crippen LogP contribution < -0.4 is 10.1 Å². The third-order valence-corrected chi connectivity index (χ3v) is 3.20. The second-order valence-corrected chi connectivity index (χ2v) is 4.65. The number of hydrogen-bond acceptors (Lipinski definition) is 4. The largest absolute Gasteiger partial charge is 0.504 e. The summed E-state index contributed by atoms with van der Waals surface area (Å²) < 4.78 is 5.33. The van der Waals surface area contributed by atoms with Crippen molar-refractivity contribution in [2.24, 2.45) is 0 Å². The Morgan fingerprint density at radius 1 is 1.45 bits per heavy atom. The standard InChI is InChI=1S/C15H24N2O3/c1-5-17(4)15(19)11(3)16-10-12-8-7-9-13(14(12)18)20-6-2/h7-9,11,16,18H,5-6,10H2,1-4H3. The molecule has 1 rings (SSSR count). The average molecular weight is 280 g/mol. The number of likely N-dealkylation sites (N-methyl/N-ethyl adjacent to an activating group) is 1. The zero-order valence-electron chi connectivity index (χ0n) is 12.6. The molecule has 0 bridgehead atoms. The first-order valence-electron chi connectivity index (χ1n) is 6.93. The van der Waals surface area contributed by atoms with Crippen LogP contribution in [0.1, 0.15) is 26.3 Å². The maximum atomic E-state index is 11.9. The van der Waals surface area contributed by atoms with Gasteiger partial charge in [0.15, 0.2) is 11.5 Å². The van der Waals surface area contributed by atoms with Crippen molar-refractivity contribution in [3.8, 4) is 11.5 Å². The van der Waals surface area contributed by atoms with Crippen molar-refractivity contribution in [2.75, 3.05) is 20.2 Å². The van der Waals surface area contributed by atoms with E-state index in [0.29, 0.717) is 25.4 Å². The normalized spacial score (nSPS) is 12.0. The fraction of sp³-hybridized carbons (Fsp3) is 0.533. The van der Waals surface area contributed by atoms with Gasteiger partial charge in [0.05, 0.1) is 12.6 Å². The summed E-state index contributed by atoms with van der Waals surface area (Å²) in [6.45, 7) is 7.21. The highest BCUT2D eigenvalue weighted by Gasteiger charge is 2.16. The number of aromatic hydroxyl groups is 1. The van der Waals surface area contributed by atoms with Gasteiger partial charge in [0.2, 0.25) is 5.91 Å². The van der Waals surface area contributed by atoms with Crippen molar-refractivity contribution in [1.82, 2.24) is 10.2 Å². The van der Waals surface area contributed by atoms with Gasteiger partial charge in [-0.05, 0) is 26.8 Å². The summed E-state index contributed by atoms with van der Waals surface area (Å²) in [5.74, 6) is 0.634. The van der Waals surface area contributed by atoms with Crippen LogP contribution in [0.2, 0.25) is 0 Å². The molecule has 0 radical (unpaired) electrons. The van der Waals surface area contributed by atoms with Crippen LogP contribution in [0.25, 0.3) is 0 Å². The Morgan fingerprint density at radius 2 is 2.15 bits per heavy atom. The summed E-state index contributed by atoms with van der Waals surface area (Å²) in [5, 5.41) is 13.2. The highest BCUT2D eigenvalue weighted by atomic mass is 16.5. The van der Waals surface area contributed by atoms with Gasteiger partial charge >= 0.3 is 0 Å². The summed E-state index contributed by atoms with van der Waals surface area (Å²) in [4.78, 5) is 13.6. The van der Waals surface area contributed by atoms with E-state index in [-0.39, 0.29) is 17.7 Å². The smallest absolute Gasteiger partial charge is 0.239 e. The molecule has 20 heavy (non-hydrogen) atoms. The minimum absolute atomic E-state index is 0.0351. The zero-order chi connectivity index (χ0) is 15.1. The van der Waals surface area contributed by atoms with Crippen molar-refractivity contribution in [2.45, 2.75) is 33.4 Å². The molecule has 5 nitrogen and oxygen atoms in total. The Balaban J connectivity index is 2.66. The van der Waals surface area contributed by atoms with Gasteiger partial charge in [-0.25, -0.2) is 0 Å². The van der Waals surface area contributed by atoms with E-state index in [9.17, 15) is 9.90 Å². The van der Waals surface area contributed by atoms with Gasteiger partial charge < -0.3 is 20.1 Å². The second kappa shape index (κ2) is 7.75. The number of ether oxygens (including phenoxy) is 1. The Morgan fingerprint density at radius 3 is 2.75 bits per heavy atom. The maximum Gasteiger partial charge on any atom is 0.239 e. The number of phenolic OH excluding ortho intramolecular Hbond substituents is 1. The Kier molecular flexibility index (Phi) is 6.31. The molecule has 0 fully saturated rings. The van der Waals surface area contributed by atoms with Crippen molar-refractivity contribution >= 4 is 5.91 Å². The van der Waals surface area contributed by atoms with Gasteiger partial charge in [0, 0.05) is 25.7 Å². The van der Waals surface area contributed by atoms with Gasteiger partial charge in [0.25, 0.3) is 0 Å². The lowest BCUT2D eigenvalue weighted by Crippen LogP contribution is -2.42. The van der Waals surface area contributed by atoms with Crippen LogP contribution in [0, 0.1) is 0 Å². The van der Waals surface area contributed by atoms with Gasteiger partial charge in [-0.1, -0.05) is 12.1 Å². The number of nitrogens with one attached hydrogen (secondary N) is 1. The van der Waals surface area contributed by atoms with E-state index in [1.165, 1.54) is 0 Å². The zero-order valence-corrected chi connectivity index (χ0v) is 12.6. The predicted octanol–water partition coefficient (Wildman–Crippen LogP) is 1.75. The van der Waals surface area contributed by atoms with E-state index < -0.39 is 0 Å². The van der Waals surface area contributed by atoms with Crippen LogP contribution in [0.3, 0.4) is 0 Å². The number of hydrogen-bond donors (Lipinski definition) is 2. The number of benzene rings is 1. The van der Waals surface area contributed by atoms with Crippen LogP contribution in [0.5, 0.6) is 11.5 Å². The molecular formula is C15H24N2O3. The minimum Gasteiger partial charge on any atom is -0.504 e. The minimum atomic E-state index is -0.296. The number of rotatable bonds is 7. The predicted molar refractivity (Wildman–Crippen MR) is 78.9 cm³/mol. The number of nitrogens with zero attached hydrogens (tertiary/aromatic N) is 1. The summed E-state index contributed by atoms with van der Waals surface area (Å²) in [6.07, 6.45) is 0. The van der Waals surface area contributed by atoms with E-state index in [1.807, 2.05) is 32.9 Å². The molecule has 0 aliphatic heterocycles. The third kappa shape index (κ3) is 4.13. The molecule has 1 unspecified atom stereocenters. The first kappa shape index (κ1) is 16.3. The Bertz CT molecular complexity index is 449. The lowest BCUT2D eigenvalue weighted by molar-refractivity contribution is -0.131. The Hall–Kier alpha value is -1.75. The lowest BCUT2D eigenvalue weighted by Gasteiger charge is -2.21. The molecule has 0 heterocycles. The van der Waals surface area contributed by atoms with Gasteiger partial charge in [-0.15, -0.1) is 0 Å². The highest BCUT2D eigenvalue weighted by Crippen LogP contribution is 2.29. The molecule has 5 heteroatoms. The molecule has 0 spiro atoms. The van der Waals surface area contributed by atoms with E-state index in [0.717, 1.165) is 5.56 Å². The van der Waals surface area contributed by atoms with Gasteiger partial charge in [0.1, 0.15) is 0 Å². The number of phenols is 1. The maximum absolute atomic E-state index is 11.9. The quantitative estimate of drug-likeness (QED) is 0.799. The molecule has 2 N–H and O–H groups in total. The van der Waals surface area contributed by atoms with Crippen molar-refractivity contribution in [3.63, 3.8) is 0 Å². The average Bonchev–Trinajstić information content (AvgIpc) is 2.46. The second-order valence-electron chi connectivity index (χ2n) is 4.65. The SMILES string of the molecule is CCOc1cccc(CNC(C)C(=O)N(C)CC)c1O. The summed E-state index contributed by atoms with van der Waals surface area (Å²) in [6, 6.07) is 5.06. The van der Waals surface area contributed by atoms with E-state index in [1.54, 1.807) is 18.0 Å². The number of carbonyl (C=O) groups excluding carboxylic acids is 1. The molecule has 1 aromatic rings. The molecule has 0 aliphatic carbocycles.